The lowest BCUT2D eigenvalue weighted by Gasteiger charge is -2.32. The molecule has 3 N–H and O–H groups in total. The molecule has 3 rings (SSSR count). The minimum atomic E-state index is -0.122. The monoisotopic (exact) mass is 319 g/mol. The highest BCUT2D eigenvalue weighted by molar-refractivity contribution is 6.02. The minimum absolute atomic E-state index is 0.0371. The molecule has 3 heterocycles. The van der Waals surface area contributed by atoms with Crippen LogP contribution in [-0.4, -0.2) is 48.0 Å². The minimum Gasteiger partial charge on any atom is -0.373 e. The summed E-state index contributed by atoms with van der Waals surface area (Å²) in [7, 11) is 0. The molecular weight excluding hydrogens is 294 g/mol. The van der Waals surface area contributed by atoms with E-state index in [0.717, 1.165) is 43.6 Å². The van der Waals surface area contributed by atoms with Crippen molar-refractivity contribution in [2.75, 3.05) is 19.7 Å². The van der Waals surface area contributed by atoms with Gasteiger partial charge in [-0.05, 0) is 51.8 Å². The van der Waals surface area contributed by atoms with Crippen LogP contribution in [0.15, 0.2) is 0 Å². The van der Waals surface area contributed by atoms with Crippen LogP contribution in [0.5, 0.6) is 0 Å². The van der Waals surface area contributed by atoms with E-state index in [9.17, 15) is 9.59 Å². The van der Waals surface area contributed by atoms with E-state index in [0.29, 0.717) is 17.9 Å². The molecule has 1 aromatic rings. The predicted octanol–water partition coefficient (Wildman–Crippen LogP) is 1.48. The van der Waals surface area contributed by atoms with Gasteiger partial charge in [0.1, 0.15) is 0 Å². The van der Waals surface area contributed by atoms with Crippen molar-refractivity contribution in [1.29, 1.82) is 0 Å². The zero-order valence-electron chi connectivity index (χ0n) is 14.0. The number of amides is 1. The highest BCUT2D eigenvalue weighted by Gasteiger charge is 2.41. The van der Waals surface area contributed by atoms with Crippen molar-refractivity contribution < 1.29 is 14.3 Å². The molecule has 0 aromatic carbocycles. The summed E-state index contributed by atoms with van der Waals surface area (Å²) in [4.78, 5) is 27.3. The Labute approximate surface area is 136 Å². The Kier molecular flexibility index (Phi) is 4.29. The highest BCUT2D eigenvalue weighted by Crippen LogP contribution is 2.34. The van der Waals surface area contributed by atoms with E-state index in [1.54, 1.807) is 0 Å². The molecule has 0 aliphatic carbocycles. The fourth-order valence-electron chi connectivity index (χ4n) is 3.87. The van der Waals surface area contributed by atoms with Crippen molar-refractivity contribution in [2.24, 2.45) is 0 Å². The van der Waals surface area contributed by atoms with Crippen LogP contribution >= 0.6 is 0 Å². The van der Waals surface area contributed by atoms with Crippen molar-refractivity contribution in [3.05, 3.63) is 22.5 Å². The fourth-order valence-corrected chi connectivity index (χ4v) is 3.87. The second-order valence-electron chi connectivity index (χ2n) is 6.80. The largest absolute Gasteiger partial charge is 0.373 e. The number of carbonyl (C=O) groups is 2. The maximum Gasteiger partial charge on any atom is 0.253 e. The summed E-state index contributed by atoms with van der Waals surface area (Å²) in [6, 6.07) is 0.0371. The molecule has 2 fully saturated rings. The van der Waals surface area contributed by atoms with Gasteiger partial charge in [0.25, 0.3) is 5.91 Å². The summed E-state index contributed by atoms with van der Waals surface area (Å²) in [5.41, 5.74) is 2.49. The van der Waals surface area contributed by atoms with E-state index in [-0.39, 0.29) is 23.3 Å². The number of rotatable bonds is 3. The number of Topliss-reactive ketones (excluding diaryl/α,β-unsaturated/α-hetero) is 1. The lowest BCUT2D eigenvalue weighted by molar-refractivity contribution is -0.0194. The summed E-state index contributed by atoms with van der Waals surface area (Å²) < 4.78 is 6.02. The Bertz CT molecular complexity index is 629. The van der Waals surface area contributed by atoms with Crippen molar-refractivity contribution in [3.8, 4) is 0 Å². The van der Waals surface area contributed by atoms with Crippen LogP contribution in [-0.2, 0) is 4.74 Å². The number of hydrogen-bond donors (Lipinski definition) is 3. The first kappa shape index (κ1) is 16.2. The Hall–Kier alpha value is -1.66. The summed E-state index contributed by atoms with van der Waals surface area (Å²) in [5.74, 6) is -0.175. The van der Waals surface area contributed by atoms with Gasteiger partial charge in [-0.1, -0.05) is 0 Å². The summed E-state index contributed by atoms with van der Waals surface area (Å²) in [6.07, 6.45) is 2.86. The maximum atomic E-state index is 12.6. The lowest BCUT2D eigenvalue weighted by atomic mass is 9.88. The molecule has 126 valence electrons. The molecular formula is C17H25N3O3. The van der Waals surface area contributed by atoms with E-state index < -0.39 is 0 Å². The number of aromatic amines is 1. The number of nitrogens with one attached hydrogen (secondary N) is 3. The Morgan fingerprint density at radius 3 is 2.57 bits per heavy atom. The number of carbonyl (C=O) groups excluding carboxylic acids is 2. The van der Waals surface area contributed by atoms with Crippen molar-refractivity contribution in [3.63, 3.8) is 0 Å². The van der Waals surface area contributed by atoms with Crippen LogP contribution in [0.2, 0.25) is 0 Å². The summed E-state index contributed by atoms with van der Waals surface area (Å²) in [6.45, 7) is 7.65. The van der Waals surface area contributed by atoms with Gasteiger partial charge in [0.2, 0.25) is 0 Å². The fraction of sp³-hybridized carbons (Fsp3) is 0.647. The van der Waals surface area contributed by atoms with Gasteiger partial charge in [0.15, 0.2) is 5.78 Å². The zero-order valence-corrected chi connectivity index (χ0v) is 14.0. The summed E-state index contributed by atoms with van der Waals surface area (Å²) >= 11 is 0. The number of hydrogen-bond acceptors (Lipinski definition) is 4. The normalized spacial score (nSPS) is 23.2. The SMILES string of the molecule is CC(=O)c1[nH]c(C)c(C(=O)NC2COC3(CCNCC3)C2)c1C. The van der Waals surface area contributed by atoms with Gasteiger partial charge in [-0.3, -0.25) is 9.59 Å². The van der Waals surface area contributed by atoms with Crippen LogP contribution in [0.4, 0.5) is 0 Å². The standard InChI is InChI=1S/C17H25N3O3/c1-10-14(11(2)19-15(10)12(3)21)16(22)20-13-8-17(23-9-13)4-6-18-7-5-17/h13,18-19H,4-9H2,1-3H3,(H,20,22). The predicted molar refractivity (Wildman–Crippen MR) is 86.9 cm³/mol. The first-order chi connectivity index (χ1) is 10.9. The van der Waals surface area contributed by atoms with Gasteiger partial charge in [-0.25, -0.2) is 0 Å². The van der Waals surface area contributed by atoms with Crippen LogP contribution in [0.3, 0.4) is 0 Å². The molecule has 2 aliphatic heterocycles. The number of aryl methyl sites for hydroxylation is 1. The van der Waals surface area contributed by atoms with Crippen LogP contribution in [0.25, 0.3) is 0 Å². The molecule has 2 aliphatic rings. The van der Waals surface area contributed by atoms with Gasteiger partial charge in [-0.15, -0.1) is 0 Å². The number of piperidine rings is 1. The topological polar surface area (TPSA) is 83.2 Å². The van der Waals surface area contributed by atoms with E-state index in [1.165, 1.54) is 6.92 Å². The van der Waals surface area contributed by atoms with Gasteiger partial charge in [0.05, 0.1) is 29.5 Å². The molecule has 0 bridgehead atoms. The molecule has 1 aromatic heterocycles. The molecule has 2 saturated heterocycles. The van der Waals surface area contributed by atoms with Crippen molar-refractivity contribution >= 4 is 11.7 Å². The Morgan fingerprint density at radius 1 is 1.26 bits per heavy atom. The molecule has 1 amide bonds. The zero-order chi connectivity index (χ0) is 16.6. The molecule has 23 heavy (non-hydrogen) atoms. The number of H-pyrrole nitrogens is 1. The smallest absolute Gasteiger partial charge is 0.253 e. The molecule has 6 heteroatoms. The molecule has 6 nitrogen and oxygen atoms in total. The van der Waals surface area contributed by atoms with Crippen molar-refractivity contribution in [2.45, 2.75) is 51.7 Å². The van der Waals surface area contributed by atoms with Crippen LogP contribution in [0.1, 0.15) is 58.3 Å². The van der Waals surface area contributed by atoms with Gasteiger partial charge in [-0.2, -0.15) is 0 Å². The quantitative estimate of drug-likeness (QED) is 0.737. The van der Waals surface area contributed by atoms with Gasteiger partial charge >= 0.3 is 0 Å². The number of ether oxygens (including phenoxy) is 1. The average Bonchev–Trinajstić information content (AvgIpc) is 3.01. The lowest BCUT2D eigenvalue weighted by Crippen LogP contribution is -2.43. The third kappa shape index (κ3) is 3.05. The summed E-state index contributed by atoms with van der Waals surface area (Å²) in [5, 5.41) is 6.43. The van der Waals surface area contributed by atoms with E-state index in [4.69, 9.17) is 4.74 Å². The second kappa shape index (κ2) is 6.09. The molecule has 1 spiro atoms. The number of aromatic nitrogens is 1. The third-order valence-electron chi connectivity index (χ3n) is 5.08. The Morgan fingerprint density at radius 2 is 1.96 bits per heavy atom. The van der Waals surface area contributed by atoms with Crippen molar-refractivity contribution in [1.82, 2.24) is 15.6 Å². The van der Waals surface area contributed by atoms with Gasteiger partial charge < -0.3 is 20.4 Å². The van der Waals surface area contributed by atoms with Crippen LogP contribution < -0.4 is 10.6 Å². The number of ketones is 1. The third-order valence-corrected chi connectivity index (χ3v) is 5.08. The van der Waals surface area contributed by atoms with Gasteiger partial charge in [0, 0.05) is 12.6 Å². The second-order valence-corrected chi connectivity index (χ2v) is 6.80. The maximum absolute atomic E-state index is 12.6. The van der Waals surface area contributed by atoms with Crippen LogP contribution in [0, 0.1) is 13.8 Å². The molecule has 1 unspecified atom stereocenters. The Balaban J connectivity index is 1.70. The van der Waals surface area contributed by atoms with E-state index in [2.05, 4.69) is 15.6 Å². The van der Waals surface area contributed by atoms with E-state index in [1.807, 2.05) is 13.8 Å². The molecule has 0 radical (unpaired) electrons. The first-order valence-corrected chi connectivity index (χ1v) is 8.27. The first-order valence-electron chi connectivity index (χ1n) is 8.27. The van der Waals surface area contributed by atoms with E-state index >= 15 is 0 Å². The average molecular weight is 319 g/mol. The molecule has 0 saturated carbocycles. The highest BCUT2D eigenvalue weighted by atomic mass is 16.5. The molecule has 1 atom stereocenters.